The van der Waals surface area contributed by atoms with Crippen molar-refractivity contribution in [1.29, 1.82) is 5.26 Å². The maximum absolute atomic E-state index is 11.6. The molecule has 0 saturated carbocycles. The first-order valence-electron chi connectivity index (χ1n) is 5.11. The maximum Gasteiger partial charge on any atom is 0.237 e. The molecule has 0 fully saturated rings. The third-order valence-corrected chi connectivity index (χ3v) is 2.16. The van der Waals surface area contributed by atoms with Crippen molar-refractivity contribution in [3.63, 3.8) is 0 Å². The minimum atomic E-state index is -0.0621. The summed E-state index contributed by atoms with van der Waals surface area (Å²) >= 11 is 0. The van der Waals surface area contributed by atoms with Gasteiger partial charge in [-0.2, -0.15) is 5.26 Å². The molecule has 1 aromatic carbocycles. The number of carbonyl (C=O) groups is 1. The summed E-state index contributed by atoms with van der Waals surface area (Å²) in [6.07, 6.45) is 0. The van der Waals surface area contributed by atoms with Crippen molar-refractivity contribution in [2.45, 2.75) is 6.54 Å². The molecule has 0 radical (unpaired) electrons. The zero-order valence-corrected chi connectivity index (χ0v) is 9.31. The second-order valence-electron chi connectivity index (χ2n) is 3.42. The monoisotopic (exact) mass is 217 g/mol. The number of nitriles is 1. The number of likely N-dealkylation sites (N-methyl/N-ethyl adjacent to an activating group) is 1. The molecule has 0 aliphatic heterocycles. The van der Waals surface area contributed by atoms with Crippen molar-refractivity contribution in [1.82, 2.24) is 10.2 Å². The summed E-state index contributed by atoms with van der Waals surface area (Å²) in [6, 6.07) is 11.6. The first-order chi connectivity index (χ1) is 7.77. The normalized spacial score (nSPS) is 9.50. The van der Waals surface area contributed by atoms with E-state index in [-0.39, 0.29) is 19.0 Å². The van der Waals surface area contributed by atoms with Gasteiger partial charge >= 0.3 is 0 Å². The van der Waals surface area contributed by atoms with Crippen LogP contribution in [0.25, 0.3) is 0 Å². The Balaban J connectivity index is 2.65. The van der Waals surface area contributed by atoms with E-state index in [0.717, 1.165) is 5.56 Å². The van der Waals surface area contributed by atoms with Crippen LogP contribution in [0, 0.1) is 11.3 Å². The molecule has 1 N–H and O–H groups in total. The second-order valence-corrected chi connectivity index (χ2v) is 3.42. The van der Waals surface area contributed by atoms with E-state index in [1.165, 1.54) is 4.90 Å². The summed E-state index contributed by atoms with van der Waals surface area (Å²) in [6.45, 7) is 0.860. The Bertz CT molecular complexity index is 370. The predicted octanol–water partition coefficient (Wildman–Crippen LogP) is 0.758. The summed E-state index contributed by atoms with van der Waals surface area (Å²) in [5, 5.41) is 11.5. The van der Waals surface area contributed by atoms with Crippen LogP contribution in [0.1, 0.15) is 5.56 Å². The van der Waals surface area contributed by atoms with Gasteiger partial charge in [0.05, 0.1) is 12.6 Å². The van der Waals surface area contributed by atoms with Crippen molar-refractivity contribution in [3.05, 3.63) is 35.9 Å². The van der Waals surface area contributed by atoms with Gasteiger partial charge in [-0.15, -0.1) is 0 Å². The number of rotatable bonds is 5. The molecule has 1 amide bonds. The van der Waals surface area contributed by atoms with Crippen molar-refractivity contribution in [2.75, 3.05) is 20.1 Å². The molecular weight excluding hydrogens is 202 g/mol. The number of benzene rings is 1. The molecule has 16 heavy (non-hydrogen) atoms. The van der Waals surface area contributed by atoms with Gasteiger partial charge < -0.3 is 10.2 Å². The molecule has 84 valence electrons. The molecule has 0 bridgehead atoms. The van der Waals surface area contributed by atoms with Gasteiger partial charge in [0.25, 0.3) is 0 Å². The van der Waals surface area contributed by atoms with E-state index >= 15 is 0 Å². The van der Waals surface area contributed by atoms with Gasteiger partial charge in [0, 0.05) is 6.54 Å². The minimum Gasteiger partial charge on any atom is -0.324 e. The zero-order chi connectivity index (χ0) is 11.8. The molecular formula is C12H15N3O. The van der Waals surface area contributed by atoms with E-state index in [9.17, 15) is 4.79 Å². The number of nitrogens with zero attached hydrogens (tertiary/aromatic N) is 2. The molecule has 0 saturated heterocycles. The van der Waals surface area contributed by atoms with Gasteiger partial charge in [-0.3, -0.25) is 4.79 Å². The summed E-state index contributed by atoms with van der Waals surface area (Å²) in [4.78, 5) is 13.2. The van der Waals surface area contributed by atoms with Crippen LogP contribution in [0.5, 0.6) is 0 Å². The highest BCUT2D eigenvalue weighted by molar-refractivity contribution is 5.78. The fourth-order valence-electron chi connectivity index (χ4n) is 1.38. The first kappa shape index (κ1) is 12.2. The van der Waals surface area contributed by atoms with Crippen LogP contribution in [0.3, 0.4) is 0 Å². The lowest BCUT2D eigenvalue weighted by molar-refractivity contribution is -0.130. The Morgan fingerprint density at radius 2 is 2.12 bits per heavy atom. The van der Waals surface area contributed by atoms with Crippen LogP contribution in [0.2, 0.25) is 0 Å². The van der Waals surface area contributed by atoms with E-state index in [2.05, 4.69) is 5.32 Å². The van der Waals surface area contributed by atoms with Crippen molar-refractivity contribution < 1.29 is 4.79 Å². The van der Waals surface area contributed by atoms with E-state index in [4.69, 9.17) is 5.26 Å². The van der Waals surface area contributed by atoms with Crippen LogP contribution in [-0.4, -0.2) is 30.9 Å². The molecule has 0 spiro atoms. The standard InChI is InChI=1S/C12H15N3O/c1-14-9-12(16)15(8-7-13)10-11-5-3-2-4-6-11/h2-6,14H,8-10H2,1H3. The highest BCUT2D eigenvalue weighted by atomic mass is 16.2. The van der Waals surface area contributed by atoms with Crippen LogP contribution in [-0.2, 0) is 11.3 Å². The fourth-order valence-corrected chi connectivity index (χ4v) is 1.38. The summed E-state index contributed by atoms with van der Waals surface area (Å²) in [7, 11) is 1.71. The molecule has 4 heteroatoms. The van der Waals surface area contributed by atoms with E-state index in [1.807, 2.05) is 36.4 Å². The van der Waals surface area contributed by atoms with Crippen molar-refractivity contribution in [3.8, 4) is 6.07 Å². The molecule has 0 atom stereocenters. The largest absolute Gasteiger partial charge is 0.324 e. The Kier molecular flexibility index (Phi) is 5.03. The third kappa shape index (κ3) is 3.71. The molecule has 1 aromatic rings. The average Bonchev–Trinajstić information content (AvgIpc) is 2.30. The number of carbonyl (C=O) groups excluding carboxylic acids is 1. The van der Waals surface area contributed by atoms with Crippen LogP contribution < -0.4 is 5.32 Å². The van der Waals surface area contributed by atoms with Gasteiger partial charge in [-0.25, -0.2) is 0 Å². The lowest BCUT2D eigenvalue weighted by Gasteiger charge is -2.19. The highest BCUT2D eigenvalue weighted by Crippen LogP contribution is 2.04. The Morgan fingerprint density at radius 3 is 2.69 bits per heavy atom. The van der Waals surface area contributed by atoms with Crippen LogP contribution in [0.4, 0.5) is 0 Å². The predicted molar refractivity (Wildman–Crippen MR) is 61.4 cm³/mol. The molecule has 4 nitrogen and oxygen atoms in total. The molecule has 0 heterocycles. The maximum atomic E-state index is 11.6. The van der Waals surface area contributed by atoms with Gasteiger partial charge in [0.1, 0.15) is 6.54 Å². The van der Waals surface area contributed by atoms with Crippen LogP contribution >= 0.6 is 0 Å². The molecule has 1 rings (SSSR count). The van der Waals surface area contributed by atoms with E-state index in [0.29, 0.717) is 6.54 Å². The molecule has 0 aliphatic rings. The van der Waals surface area contributed by atoms with E-state index in [1.54, 1.807) is 7.05 Å². The molecule has 0 aromatic heterocycles. The topological polar surface area (TPSA) is 56.1 Å². The van der Waals surface area contributed by atoms with Crippen LogP contribution in [0.15, 0.2) is 30.3 Å². The van der Waals surface area contributed by atoms with Gasteiger partial charge in [-0.1, -0.05) is 30.3 Å². The van der Waals surface area contributed by atoms with Gasteiger partial charge in [0.15, 0.2) is 0 Å². The zero-order valence-electron chi connectivity index (χ0n) is 9.31. The Labute approximate surface area is 95.5 Å². The average molecular weight is 217 g/mol. The minimum absolute atomic E-state index is 0.0621. The second kappa shape index (κ2) is 6.59. The Morgan fingerprint density at radius 1 is 1.44 bits per heavy atom. The lowest BCUT2D eigenvalue weighted by Crippen LogP contribution is -2.36. The van der Waals surface area contributed by atoms with E-state index < -0.39 is 0 Å². The number of nitrogens with one attached hydrogen (secondary N) is 1. The fraction of sp³-hybridized carbons (Fsp3) is 0.333. The third-order valence-electron chi connectivity index (χ3n) is 2.16. The lowest BCUT2D eigenvalue weighted by atomic mass is 10.2. The SMILES string of the molecule is CNCC(=O)N(CC#N)Cc1ccccc1. The number of hydrogen-bond acceptors (Lipinski definition) is 3. The summed E-state index contributed by atoms with van der Waals surface area (Å²) in [5.41, 5.74) is 1.03. The Hall–Kier alpha value is -1.86. The summed E-state index contributed by atoms with van der Waals surface area (Å²) < 4.78 is 0. The number of hydrogen-bond donors (Lipinski definition) is 1. The quantitative estimate of drug-likeness (QED) is 0.741. The molecule has 0 unspecified atom stereocenters. The van der Waals surface area contributed by atoms with Crippen molar-refractivity contribution >= 4 is 5.91 Å². The van der Waals surface area contributed by atoms with Gasteiger partial charge in [-0.05, 0) is 12.6 Å². The van der Waals surface area contributed by atoms with Gasteiger partial charge in [0.2, 0.25) is 5.91 Å². The number of amides is 1. The smallest absolute Gasteiger partial charge is 0.237 e. The molecule has 0 aliphatic carbocycles. The van der Waals surface area contributed by atoms with Crippen molar-refractivity contribution in [2.24, 2.45) is 0 Å². The summed E-state index contributed by atoms with van der Waals surface area (Å²) in [5.74, 6) is -0.0621. The highest BCUT2D eigenvalue weighted by Gasteiger charge is 2.12. The first-order valence-corrected chi connectivity index (χ1v) is 5.11.